The van der Waals surface area contributed by atoms with Crippen LogP contribution in [0.15, 0.2) is 9.98 Å². The quantitative estimate of drug-likeness (QED) is 0.522. The summed E-state index contributed by atoms with van der Waals surface area (Å²) in [6.07, 6.45) is -31.4. The number of aliphatic imine (C=N–C) groups is 2. The number of hydrogen-bond donors (Lipinski definition) is 1. The average Bonchev–Trinajstić information content (AvgIpc) is 2.64. The van der Waals surface area contributed by atoms with Crippen molar-refractivity contribution in [3.05, 3.63) is 0 Å². The fraction of sp³-hybridized carbons (Fsp3) is 0.733. The third kappa shape index (κ3) is 5.27. The highest BCUT2D eigenvalue weighted by Gasteiger charge is 2.79. The number of alkyl carbamates (subject to hydrolysis) is 1. The van der Waals surface area contributed by atoms with Crippen molar-refractivity contribution in [1.82, 2.24) is 5.32 Å². The third-order valence-corrected chi connectivity index (χ3v) is 4.05. The van der Waals surface area contributed by atoms with Gasteiger partial charge in [-0.15, -0.1) is 0 Å². The van der Waals surface area contributed by atoms with Gasteiger partial charge < -0.3 is 14.2 Å². The summed E-state index contributed by atoms with van der Waals surface area (Å²) in [5.41, 5.74) is -11.6. The van der Waals surface area contributed by atoms with Crippen LogP contribution in [0.4, 0.5) is 57.5 Å². The smallest absolute Gasteiger partial charge is 0.443 e. The second-order valence-electron chi connectivity index (χ2n) is 6.24. The first-order chi connectivity index (χ1) is 15.6. The maximum absolute atomic E-state index is 13.8. The number of nitriles is 1. The first-order valence-electron chi connectivity index (χ1n) is 8.76. The topological polar surface area (TPSA) is 105 Å². The van der Waals surface area contributed by atoms with Crippen molar-refractivity contribution in [3.8, 4) is 6.07 Å². The highest BCUT2D eigenvalue weighted by Crippen LogP contribution is 2.52. The van der Waals surface area contributed by atoms with Gasteiger partial charge in [0.2, 0.25) is 5.90 Å². The van der Waals surface area contributed by atoms with Crippen molar-refractivity contribution in [2.24, 2.45) is 15.9 Å². The summed E-state index contributed by atoms with van der Waals surface area (Å²) >= 11 is 0. The zero-order valence-corrected chi connectivity index (χ0v) is 17.0. The normalized spacial score (nSPS) is 17.9. The molecule has 1 atom stereocenters. The molecule has 0 spiro atoms. The van der Waals surface area contributed by atoms with Crippen molar-refractivity contribution in [1.29, 1.82) is 5.26 Å². The molecule has 1 heterocycles. The molecule has 200 valence electrons. The number of carbonyl (C=O) groups is 1. The standard InChI is InChI=1S/C15H12F12N4O4/c1-3-33-8(32)30-10(12(16,17)18,13(19,20)21)6(5-28)7-29-11(14(22,23)24,15(25,26)27)31-9(35-7)34-4-2/h6H,3-4H2,1-2H3,(H,30,32)/t6-/m0/s1. The number of amides is 1. The van der Waals surface area contributed by atoms with E-state index in [9.17, 15) is 57.5 Å². The molecule has 0 unspecified atom stereocenters. The number of nitrogens with zero attached hydrogens (tertiary/aromatic N) is 3. The number of hydrogen-bond acceptors (Lipinski definition) is 7. The van der Waals surface area contributed by atoms with Crippen molar-refractivity contribution in [3.63, 3.8) is 0 Å². The third-order valence-electron chi connectivity index (χ3n) is 4.05. The molecule has 20 heteroatoms. The Hall–Kier alpha value is -3.14. The van der Waals surface area contributed by atoms with Gasteiger partial charge in [-0.2, -0.15) is 62.9 Å². The van der Waals surface area contributed by atoms with E-state index in [0.717, 1.165) is 13.8 Å². The van der Waals surface area contributed by atoms with Gasteiger partial charge >= 0.3 is 42.5 Å². The van der Waals surface area contributed by atoms with Gasteiger partial charge in [0.1, 0.15) is 0 Å². The first-order valence-corrected chi connectivity index (χ1v) is 8.76. The molecule has 0 saturated heterocycles. The second-order valence-corrected chi connectivity index (χ2v) is 6.24. The molecule has 1 aliphatic heterocycles. The lowest BCUT2D eigenvalue weighted by molar-refractivity contribution is -0.311. The maximum Gasteiger partial charge on any atom is 0.443 e. The molecule has 0 bridgehead atoms. The molecule has 0 aliphatic carbocycles. The second kappa shape index (κ2) is 9.49. The van der Waals surface area contributed by atoms with Crippen LogP contribution in [0.25, 0.3) is 0 Å². The number of rotatable bonds is 5. The molecular weight excluding hydrogens is 528 g/mol. The van der Waals surface area contributed by atoms with Crippen LogP contribution < -0.4 is 5.32 Å². The van der Waals surface area contributed by atoms with E-state index < -0.39 is 73.1 Å². The largest absolute Gasteiger partial charge is 0.451 e. The summed E-state index contributed by atoms with van der Waals surface area (Å²) in [7, 11) is 0. The van der Waals surface area contributed by atoms with Gasteiger partial charge in [-0.1, -0.05) is 0 Å². The van der Waals surface area contributed by atoms with E-state index in [1.165, 1.54) is 0 Å². The number of ether oxygens (including phenoxy) is 3. The summed E-state index contributed by atoms with van der Waals surface area (Å²) < 4.78 is 176. The van der Waals surface area contributed by atoms with Gasteiger partial charge in [-0.05, 0) is 13.8 Å². The van der Waals surface area contributed by atoms with Gasteiger partial charge in [0, 0.05) is 0 Å². The molecule has 1 N–H and O–H groups in total. The number of alkyl halides is 12. The van der Waals surface area contributed by atoms with Crippen LogP contribution in [-0.2, 0) is 14.2 Å². The molecule has 1 aliphatic rings. The fourth-order valence-electron chi connectivity index (χ4n) is 2.54. The van der Waals surface area contributed by atoms with Gasteiger partial charge in [0.15, 0.2) is 5.92 Å². The van der Waals surface area contributed by atoms with E-state index in [2.05, 4.69) is 19.2 Å². The number of nitrogens with one attached hydrogen (secondary N) is 1. The van der Waals surface area contributed by atoms with Crippen LogP contribution in [0, 0.1) is 17.2 Å². The molecule has 35 heavy (non-hydrogen) atoms. The van der Waals surface area contributed by atoms with Crippen LogP contribution in [0.1, 0.15) is 13.8 Å². The summed E-state index contributed by atoms with van der Waals surface area (Å²) in [5.74, 6) is -6.92. The van der Waals surface area contributed by atoms with Crippen molar-refractivity contribution < 1.29 is 71.7 Å². The van der Waals surface area contributed by atoms with Crippen LogP contribution >= 0.6 is 0 Å². The summed E-state index contributed by atoms with van der Waals surface area (Å²) in [4.78, 5) is 15.5. The lowest BCUT2D eigenvalue weighted by atomic mass is 9.82. The van der Waals surface area contributed by atoms with Gasteiger partial charge in [0.05, 0.1) is 19.3 Å². The number of halogens is 12. The van der Waals surface area contributed by atoms with E-state index >= 15 is 0 Å². The van der Waals surface area contributed by atoms with E-state index in [-0.39, 0.29) is 11.4 Å². The highest BCUT2D eigenvalue weighted by molar-refractivity contribution is 5.94. The molecule has 0 aromatic heterocycles. The van der Waals surface area contributed by atoms with Crippen LogP contribution in [-0.4, -0.2) is 67.2 Å². The Labute approximate surface area is 186 Å². The molecule has 0 fully saturated rings. The lowest BCUT2D eigenvalue weighted by Gasteiger charge is -2.41. The molecular formula is C15H12F12N4O4. The van der Waals surface area contributed by atoms with Crippen LogP contribution in [0.2, 0.25) is 0 Å². The average molecular weight is 540 g/mol. The Morgan fingerprint density at radius 2 is 1.46 bits per heavy atom. The predicted molar refractivity (Wildman–Crippen MR) is 86.5 cm³/mol. The molecule has 0 saturated carbocycles. The molecule has 1 amide bonds. The Kier molecular flexibility index (Phi) is 8.10. The van der Waals surface area contributed by atoms with Crippen LogP contribution in [0.5, 0.6) is 0 Å². The Morgan fingerprint density at radius 1 is 0.971 bits per heavy atom. The van der Waals surface area contributed by atoms with Gasteiger partial charge in [0.25, 0.3) is 5.54 Å². The van der Waals surface area contributed by atoms with E-state index in [4.69, 9.17) is 5.26 Å². The zero-order chi connectivity index (χ0) is 27.7. The molecule has 0 radical (unpaired) electrons. The molecule has 0 aromatic rings. The minimum absolute atomic E-state index is 0.265. The predicted octanol–water partition coefficient (Wildman–Crippen LogP) is 4.38. The monoisotopic (exact) mass is 540 g/mol. The lowest BCUT2D eigenvalue weighted by Crippen LogP contribution is -2.73. The zero-order valence-electron chi connectivity index (χ0n) is 17.0. The number of carbonyl (C=O) groups excluding carboxylic acids is 1. The minimum Gasteiger partial charge on any atom is -0.451 e. The maximum atomic E-state index is 13.8. The Bertz CT molecular complexity index is 870. The Morgan fingerprint density at radius 3 is 1.80 bits per heavy atom. The first kappa shape index (κ1) is 29.9. The van der Waals surface area contributed by atoms with Gasteiger partial charge in [-0.25, -0.2) is 9.79 Å². The van der Waals surface area contributed by atoms with Crippen LogP contribution in [0.3, 0.4) is 0 Å². The SMILES string of the molecule is CCOC(=O)NC([C@@H](C#N)C1=NC(C(F)(F)F)(C(F)(F)F)N=C(OCC)O1)(C(F)(F)F)C(F)(F)F. The fourth-order valence-corrected chi connectivity index (χ4v) is 2.54. The van der Waals surface area contributed by atoms with E-state index in [1.807, 2.05) is 4.99 Å². The van der Waals surface area contributed by atoms with E-state index in [0.29, 0.717) is 0 Å². The molecule has 8 nitrogen and oxygen atoms in total. The summed E-state index contributed by atoms with van der Waals surface area (Å²) in [5, 5.41) is 9.40. The van der Waals surface area contributed by atoms with Crippen molar-refractivity contribution in [2.45, 2.75) is 49.8 Å². The van der Waals surface area contributed by atoms with Crippen molar-refractivity contribution in [2.75, 3.05) is 13.2 Å². The summed E-state index contributed by atoms with van der Waals surface area (Å²) in [6.45, 7) is 0.211. The van der Waals surface area contributed by atoms with Gasteiger partial charge in [-0.3, -0.25) is 5.32 Å². The van der Waals surface area contributed by atoms with E-state index in [1.54, 1.807) is 0 Å². The molecule has 1 rings (SSSR count). The van der Waals surface area contributed by atoms with Crippen molar-refractivity contribution >= 4 is 18.1 Å². The Balaban J connectivity index is 4.08. The minimum atomic E-state index is -6.79. The highest BCUT2D eigenvalue weighted by atomic mass is 19.4. The molecule has 0 aromatic carbocycles. The summed E-state index contributed by atoms with van der Waals surface area (Å²) in [6, 6.07) is 0.265.